The van der Waals surface area contributed by atoms with E-state index in [-0.39, 0.29) is 6.04 Å². The van der Waals surface area contributed by atoms with Crippen LogP contribution in [0.15, 0.2) is 43.2 Å². The number of rotatable bonds is 8. The first-order chi connectivity index (χ1) is 17.6. The Labute approximate surface area is 214 Å². The first-order valence-corrected chi connectivity index (χ1v) is 13.6. The zero-order valence-corrected chi connectivity index (χ0v) is 21.6. The maximum Gasteiger partial charge on any atom is 0.147 e. The fourth-order valence-corrected chi connectivity index (χ4v) is 5.40. The van der Waals surface area contributed by atoms with Crippen molar-refractivity contribution in [1.82, 2.24) is 29.8 Å². The molecule has 6 rings (SSSR count). The van der Waals surface area contributed by atoms with Gasteiger partial charge in [-0.25, -0.2) is 9.97 Å². The summed E-state index contributed by atoms with van der Waals surface area (Å²) in [4.78, 5) is 23.5. The number of aromatic nitrogens is 5. The summed E-state index contributed by atoms with van der Waals surface area (Å²) in [6.07, 6.45) is 17.3. The van der Waals surface area contributed by atoms with Gasteiger partial charge in [-0.3, -0.25) is 9.97 Å². The molecular formula is C28H38N8. The van der Waals surface area contributed by atoms with Gasteiger partial charge in [-0.1, -0.05) is 6.92 Å². The third-order valence-corrected chi connectivity index (χ3v) is 8.27. The normalized spacial score (nSPS) is 22.1. The highest BCUT2D eigenvalue weighted by molar-refractivity contribution is 5.55. The first kappa shape index (κ1) is 23.4. The molecule has 0 radical (unpaired) electrons. The van der Waals surface area contributed by atoms with Crippen molar-refractivity contribution >= 4 is 11.5 Å². The molecular weight excluding hydrogens is 448 g/mol. The molecule has 2 aliphatic heterocycles. The molecule has 0 spiro atoms. The predicted octanol–water partition coefficient (Wildman–Crippen LogP) is 4.30. The Kier molecular flexibility index (Phi) is 6.37. The highest BCUT2D eigenvalue weighted by atomic mass is 15.2. The number of nitrogens with zero attached hydrogens (tertiary/aromatic N) is 7. The Morgan fingerprint density at radius 2 is 1.83 bits per heavy atom. The van der Waals surface area contributed by atoms with E-state index in [4.69, 9.17) is 9.97 Å². The second kappa shape index (κ2) is 9.81. The van der Waals surface area contributed by atoms with E-state index in [1.807, 2.05) is 18.7 Å². The van der Waals surface area contributed by atoms with Gasteiger partial charge in [0.25, 0.3) is 0 Å². The lowest BCUT2D eigenvalue weighted by atomic mass is 10.0. The lowest BCUT2D eigenvalue weighted by Crippen LogP contribution is -2.47. The molecule has 2 saturated heterocycles. The van der Waals surface area contributed by atoms with Gasteiger partial charge in [-0.15, -0.1) is 0 Å². The quantitative estimate of drug-likeness (QED) is 0.509. The highest BCUT2D eigenvalue weighted by Crippen LogP contribution is 2.44. The van der Waals surface area contributed by atoms with E-state index in [0.29, 0.717) is 11.5 Å². The Morgan fingerprint density at radius 1 is 1.00 bits per heavy atom. The molecule has 2 atom stereocenters. The van der Waals surface area contributed by atoms with Crippen LogP contribution < -0.4 is 15.1 Å². The SMILES string of the molecule is CC(c1ccc(N2CCCC(NCC3(C)CC3)C2)cn1)n1cnc(-c2cncc(N3CCCC3)n2)c1. The zero-order valence-electron chi connectivity index (χ0n) is 21.6. The van der Waals surface area contributed by atoms with Crippen molar-refractivity contribution in [1.29, 1.82) is 0 Å². The molecule has 3 aliphatic rings. The summed E-state index contributed by atoms with van der Waals surface area (Å²) in [6.45, 7) is 10.00. The van der Waals surface area contributed by atoms with Gasteiger partial charge in [0.2, 0.25) is 0 Å². The van der Waals surface area contributed by atoms with E-state index < -0.39 is 0 Å². The number of pyridine rings is 1. The molecule has 3 fully saturated rings. The van der Waals surface area contributed by atoms with Crippen molar-refractivity contribution in [2.24, 2.45) is 5.41 Å². The summed E-state index contributed by atoms with van der Waals surface area (Å²) in [7, 11) is 0. The Bertz CT molecular complexity index is 1160. The van der Waals surface area contributed by atoms with Gasteiger partial charge >= 0.3 is 0 Å². The van der Waals surface area contributed by atoms with Crippen molar-refractivity contribution in [2.45, 2.75) is 64.5 Å². The van der Waals surface area contributed by atoms with Crippen LogP contribution in [-0.2, 0) is 0 Å². The number of nitrogens with one attached hydrogen (secondary N) is 1. The average Bonchev–Trinajstić information content (AvgIpc) is 3.32. The highest BCUT2D eigenvalue weighted by Gasteiger charge is 2.37. The number of imidazole rings is 1. The molecule has 1 aliphatic carbocycles. The predicted molar refractivity (Wildman–Crippen MR) is 143 cm³/mol. The van der Waals surface area contributed by atoms with E-state index in [1.165, 1.54) is 44.2 Å². The number of hydrogen-bond acceptors (Lipinski definition) is 7. The molecule has 0 aromatic carbocycles. The van der Waals surface area contributed by atoms with Crippen LogP contribution in [-0.4, -0.2) is 63.3 Å². The minimum absolute atomic E-state index is 0.0880. The van der Waals surface area contributed by atoms with Gasteiger partial charge in [-0.05, 0) is 63.0 Å². The van der Waals surface area contributed by atoms with Crippen molar-refractivity contribution in [3.63, 3.8) is 0 Å². The van der Waals surface area contributed by atoms with Crippen LogP contribution in [0.5, 0.6) is 0 Å². The summed E-state index contributed by atoms with van der Waals surface area (Å²) in [6, 6.07) is 5.05. The van der Waals surface area contributed by atoms with E-state index in [2.05, 4.69) is 61.8 Å². The average molecular weight is 487 g/mol. The maximum atomic E-state index is 4.85. The van der Waals surface area contributed by atoms with Crippen LogP contribution in [0.1, 0.15) is 64.1 Å². The van der Waals surface area contributed by atoms with Crippen LogP contribution in [0.4, 0.5) is 11.5 Å². The van der Waals surface area contributed by atoms with Gasteiger partial charge in [0, 0.05) is 45.0 Å². The molecule has 5 heterocycles. The fourth-order valence-electron chi connectivity index (χ4n) is 5.40. The topological polar surface area (TPSA) is 75.0 Å². The molecule has 2 unspecified atom stereocenters. The molecule has 8 heteroatoms. The molecule has 0 amide bonds. The van der Waals surface area contributed by atoms with E-state index in [1.54, 1.807) is 6.20 Å². The summed E-state index contributed by atoms with van der Waals surface area (Å²) in [5.74, 6) is 0.946. The van der Waals surface area contributed by atoms with Crippen LogP contribution in [0, 0.1) is 5.41 Å². The molecule has 3 aromatic heterocycles. The number of hydrogen-bond donors (Lipinski definition) is 1. The third-order valence-electron chi connectivity index (χ3n) is 8.27. The van der Waals surface area contributed by atoms with Gasteiger partial charge in [0.1, 0.15) is 17.2 Å². The van der Waals surface area contributed by atoms with Gasteiger partial charge in [0.05, 0.1) is 42.3 Å². The van der Waals surface area contributed by atoms with Crippen molar-refractivity contribution in [3.05, 3.63) is 48.9 Å². The Hall–Kier alpha value is -3.00. The summed E-state index contributed by atoms with van der Waals surface area (Å²) in [5, 5.41) is 3.83. The smallest absolute Gasteiger partial charge is 0.147 e. The summed E-state index contributed by atoms with van der Waals surface area (Å²) in [5.41, 5.74) is 4.47. The van der Waals surface area contributed by atoms with Crippen LogP contribution in [0.2, 0.25) is 0 Å². The third kappa shape index (κ3) is 5.09. The van der Waals surface area contributed by atoms with Gasteiger partial charge in [0.15, 0.2) is 0 Å². The molecule has 190 valence electrons. The standard InChI is InChI=1S/C28H38N8/c1-21(36-18-26(32-20-36)25-15-29-16-27(33-25)34-11-3-4-12-34)24-8-7-23(14-30-24)35-13-5-6-22(17-35)31-19-28(2)9-10-28/h7-8,14-16,18,20-22,31H,3-6,9-13,17,19H2,1-2H3. The monoisotopic (exact) mass is 486 g/mol. The fraction of sp³-hybridized carbons (Fsp3) is 0.571. The number of piperidine rings is 1. The largest absolute Gasteiger partial charge is 0.369 e. The van der Waals surface area contributed by atoms with Crippen LogP contribution >= 0.6 is 0 Å². The van der Waals surface area contributed by atoms with Gasteiger partial charge in [-0.2, -0.15) is 0 Å². The number of anilines is 2. The lowest BCUT2D eigenvalue weighted by Gasteiger charge is -2.35. The summed E-state index contributed by atoms with van der Waals surface area (Å²) < 4.78 is 2.11. The second-order valence-corrected chi connectivity index (χ2v) is 11.3. The maximum absolute atomic E-state index is 4.85. The van der Waals surface area contributed by atoms with Gasteiger partial charge < -0.3 is 19.7 Å². The van der Waals surface area contributed by atoms with E-state index >= 15 is 0 Å². The lowest BCUT2D eigenvalue weighted by molar-refractivity contribution is 0.383. The Balaban J connectivity index is 1.10. The minimum Gasteiger partial charge on any atom is -0.369 e. The van der Waals surface area contributed by atoms with E-state index in [9.17, 15) is 0 Å². The van der Waals surface area contributed by atoms with E-state index in [0.717, 1.165) is 55.6 Å². The summed E-state index contributed by atoms with van der Waals surface area (Å²) >= 11 is 0. The molecule has 36 heavy (non-hydrogen) atoms. The molecule has 3 aromatic rings. The van der Waals surface area contributed by atoms with Crippen LogP contribution in [0.3, 0.4) is 0 Å². The molecule has 1 N–H and O–H groups in total. The van der Waals surface area contributed by atoms with Crippen LogP contribution in [0.25, 0.3) is 11.4 Å². The molecule has 1 saturated carbocycles. The molecule has 8 nitrogen and oxygen atoms in total. The Morgan fingerprint density at radius 3 is 2.61 bits per heavy atom. The molecule has 0 bridgehead atoms. The minimum atomic E-state index is 0.0880. The van der Waals surface area contributed by atoms with Crippen molar-refractivity contribution in [3.8, 4) is 11.4 Å². The second-order valence-electron chi connectivity index (χ2n) is 11.3. The zero-order chi connectivity index (χ0) is 24.5. The van der Waals surface area contributed by atoms with Crippen molar-refractivity contribution in [2.75, 3.05) is 42.5 Å². The first-order valence-electron chi connectivity index (χ1n) is 13.6. The van der Waals surface area contributed by atoms with Crippen molar-refractivity contribution < 1.29 is 0 Å².